The van der Waals surface area contributed by atoms with E-state index in [9.17, 15) is 19.5 Å². The molecule has 1 aliphatic heterocycles. The van der Waals surface area contributed by atoms with Gasteiger partial charge in [0.05, 0.1) is 23.8 Å². The molecule has 2 aliphatic carbocycles. The number of carboxylic acid groups (broad SMARTS) is 1. The lowest BCUT2D eigenvalue weighted by Gasteiger charge is -2.24. The van der Waals surface area contributed by atoms with Crippen molar-refractivity contribution in [3.8, 4) is 0 Å². The number of carbonyl (C=O) groups excluding carboxylic acids is 3. The molecule has 2 amide bonds. The Balaban J connectivity index is 1.93. The van der Waals surface area contributed by atoms with Crippen LogP contribution in [0.25, 0.3) is 0 Å². The van der Waals surface area contributed by atoms with Crippen molar-refractivity contribution >= 4 is 17.8 Å². The predicted molar refractivity (Wildman–Crippen MR) is 54.1 cm³/mol. The molecule has 3 rings (SSSR count). The van der Waals surface area contributed by atoms with Gasteiger partial charge in [-0.3, -0.25) is 14.5 Å². The van der Waals surface area contributed by atoms with Crippen LogP contribution in [0.5, 0.6) is 0 Å². The van der Waals surface area contributed by atoms with Gasteiger partial charge in [0.1, 0.15) is 0 Å². The molecule has 17 heavy (non-hydrogen) atoms. The van der Waals surface area contributed by atoms with Gasteiger partial charge < -0.3 is 9.90 Å². The number of carbonyl (C=O) groups is 3. The molecule has 0 aromatic carbocycles. The van der Waals surface area contributed by atoms with Gasteiger partial charge in [0.25, 0.3) is 0 Å². The highest BCUT2D eigenvalue weighted by molar-refractivity contribution is 6.08. The Hall–Kier alpha value is -1.39. The van der Waals surface area contributed by atoms with E-state index < -0.39 is 12.0 Å². The van der Waals surface area contributed by atoms with Crippen molar-refractivity contribution in [3.05, 3.63) is 0 Å². The van der Waals surface area contributed by atoms with Gasteiger partial charge in [-0.1, -0.05) is 0 Å². The molecule has 3 fully saturated rings. The van der Waals surface area contributed by atoms with Gasteiger partial charge in [0.2, 0.25) is 11.8 Å². The smallest absolute Gasteiger partial charge is 0.233 e. The zero-order chi connectivity index (χ0) is 12.3. The summed E-state index contributed by atoms with van der Waals surface area (Å²) in [5.74, 6) is -1.85. The lowest BCUT2D eigenvalue weighted by Crippen LogP contribution is -2.49. The molecule has 2 bridgehead atoms. The lowest BCUT2D eigenvalue weighted by atomic mass is 9.81. The number of carboxylic acids is 1. The first-order valence-corrected chi connectivity index (χ1v) is 6.10. The van der Waals surface area contributed by atoms with Crippen LogP contribution in [0, 0.1) is 23.7 Å². The fourth-order valence-electron chi connectivity index (χ4n) is 3.92. The minimum Gasteiger partial charge on any atom is -0.548 e. The molecule has 2 saturated carbocycles. The summed E-state index contributed by atoms with van der Waals surface area (Å²) in [6, 6.07) is -1.14. The standard InChI is InChI=1S/C12H15NO4/c1-5(12(16)17)13-10(14)8-6-2-3-7(4-6)9(8)11(13)15/h5-9H,2-4H2,1H3,(H,16,17)/p-1/t5-,6+,7+,8-,9+/m0/s1. The van der Waals surface area contributed by atoms with Gasteiger partial charge in [-0.15, -0.1) is 0 Å². The summed E-state index contributed by atoms with van der Waals surface area (Å²) in [6.45, 7) is 1.34. The summed E-state index contributed by atoms with van der Waals surface area (Å²) in [5.41, 5.74) is 0. The van der Waals surface area contributed by atoms with Crippen LogP contribution >= 0.6 is 0 Å². The van der Waals surface area contributed by atoms with Gasteiger partial charge >= 0.3 is 0 Å². The topological polar surface area (TPSA) is 77.5 Å². The summed E-state index contributed by atoms with van der Waals surface area (Å²) in [6.07, 6.45) is 2.96. The first kappa shape index (κ1) is 10.7. The van der Waals surface area contributed by atoms with Gasteiger partial charge in [-0.05, 0) is 38.0 Å². The van der Waals surface area contributed by atoms with Gasteiger partial charge in [0, 0.05) is 0 Å². The maximum absolute atomic E-state index is 12.1. The second kappa shape index (κ2) is 3.31. The van der Waals surface area contributed by atoms with Gasteiger partial charge in [-0.25, -0.2) is 0 Å². The SMILES string of the molecule is C[C@@H](C(=O)[O-])N1C(=O)[C@@H]2[C@@H]3CC[C@H](C3)[C@@H]2C1=O. The third-order valence-electron chi connectivity index (χ3n) is 4.69. The number of hydrogen-bond donors (Lipinski definition) is 0. The second-order valence-corrected chi connectivity index (χ2v) is 5.43. The predicted octanol–water partition coefficient (Wildman–Crippen LogP) is -0.844. The molecular formula is C12H14NO4-. The molecule has 3 aliphatic rings. The molecule has 1 saturated heterocycles. The van der Waals surface area contributed by atoms with Crippen molar-refractivity contribution in [1.82, 2.24) is 4.90 Å². The summed E-state index contributed by atoms with van der Waals surface area (Å²) >= 11 is 0. The van der Waals surface area contributed by atoms with E-state index in [1.54, 1.807) is 0 Å². The van der Waals surface area contributed by atoms with E-state index in [0.717, 1.165) is 24.2 Å². The van der Waals surface area contributed by atoms with Crippen LogP contribution in [0.3, 0.4) is 0 Å². The van der Waals surface area contributed by atoms with Crippen LogP contribution in [0.15, 0.2) is 0 Å². The van der Waals surface area contributed by atoms with Crippen LogP contribution < -0.4 is 5.11 Å². The Morgan fingerprint density at radius 1 is 1.24 bits per heavy atom. The first-order valence-electron chi connectivity index (χ1n) is 6.10. The number of amides is 2. The van der Waals surface area contributed by atoms with Crippen molar-refractivity contribution in [1.29, 1.82) is 0 Å². The highest BCUT2D eigenvalue weighted by atomic mass is 16.4. The fourth-order valence-corrected chi connectivity index (χ4v) is 3.92. The van der Waals surface area contributed by atoms with E-state index in [4.69, 9.17) is 0 Å². The maximum atomic E-state index is 12.1. The number of likely N-dealkylation sites (tertiary alicyclic amines) is 1. The van der Waals surface area contributed by atoms with Crippen molar-refractivity contribution in [2.24, 2.45) is 23.7 Å². The lowest BCUT2D eigenvalue weighted by molar-refractivity contribution is -0.310. The summed E-state index contributed by atoms with van der Waals surface area (Å²) in [7, 11) is 0. The molecule has 0 radical (unpaired) electrons. The molecule has 0 spiro atoms. The molecule has 0 aromatic heterocycles. The van der Waals surface area contributed by atoms with E-state index in [1.807, 2.05) is 0 Å². The van der Waals surface area contributed by atoms with E-state index in [0.29, 0.717) is 11.8 Å². The van der Waals surface area contributed by atoms with Crippen LogP contribution in [-0.2, 0) is 14.4 Å². The maximum Gasteiger partial charge on any atom is 0.233 e. The van der Waals surface area contributed by atoms with E-state index in [-0.39, 0.29) is 23.7 Å². The molecule has 0 unspecified atom stereocenters. The zero-order valence-corrected chi connectivity index (χ0v) is 9.59. The molecular weight excluding hydrogens is 222 g/mol. The Morgan fingerprint density at radius 3 is 2.12 bits per heavy atom. The summed E-state index contributed by atoms with van der Waals surface area (Å²) in [5, 5.41) is 10.8. The molecule has 5 nitrogen and oxygen atoms in total. The third kappa shape index (κ3) is 1.22. The fraction of sp³-hybridized carbons (Fsp3) is 0.750. The minimum atomic E-state index is -1.36. The third-order valence-corrected chi connectivity index (χ3v) is 4.69. The molecule has 1 heterocycles. The molecule has 5 atom stereocenters. The minimum absolute atomic E-state index is 0.247. The average molecular weight is 236 g/mol. The van der Waals surface area contributed by atoms with E-state index in [2.05, 4.69) is 0 Å². The Bertz CT molecular complexity index is 391. The van der Waals surface area contributed by atoms with Crippen molar-refractivity contribution in [2.45, 2.75) is 32.2 Å². The normalized spacial score (nSPS) is 40.9. The van der Waals surface area contributed by atoms with Crippen LogP contribution in [-0.4, -0.2) is 28.7 Å². The van der Waals surface area contributed by atoms with E-state index >= 15 is 0 Å². The van der Waals surface area contributed by atoms with Crippen LogP contribution in [0.2, 0.25) is 0 Å². The molecule has 0 aromatic rings. The van der Waals surface area contributed by atoms with Gasteiger partial charge in [0.15, 0.2) is 0 Å². The largest absolute Gasteiger partial charge is 0.548 e. The average Bonchev–Trinajstić information content (AvgIpc) is 2.92. The zero-order valence-electron chi connectivity index (χ0n) is 9.59. The number of nitrogens with zero attached hydrogens (tertiary/aromatic N) is 1. The highest BCUT2D eigenvalue weighted by Gasteiger charge is 2.61. The quantitative estimate of drug-likeness (QED) is 0.585. The van der Waals surface area contributed by atoms with E-state index in [1.165, 1.54) is 6.92 Å². The Labute approximate surface area is 98.8 Å². The Morgan fingerprint density at radius 2 is 1.71 bits per heavy atom. The molecule has 5 heteroatoms. The molecule has 92 valence electrons. The summed E-state index contributed by atoms with van der Waals surface area (Å²) < 4.78 is 0. The van der Waals surface area contributed by atoms with Crippen molar-refractivity contribution in [3.63, 3.8) is 0 Å². The highest BCUT2D eigenvalue weighted by Crippen LogP contribution is 2.56. The van der Waals surface area contributed by atoms with Crippen LogP contribution in [0.4, 0.5) is 0 Å². The number of hydrogen-bond acceptors (Lipinski definition) is 4. The van der Waals surface area contributed by atoms with Crippen molar-refractivity contribution in [2.75, 3.05) is 0 Å². The second-order valence-electron chi connectivity index (χ2n) is 5.43. The number of imide groups is 1. The number of fused-ring (bicyclic) bond motifs is 5. The number of rotatable bonds is 2. The number of aliphatic carboxylic acids is 1. The van der Waals surface area contributed by atoms with Gasteiger partial charge in [-0.2, -0.15) is 0 Å². The summed E-state index contributed by atoms with van der Waals surface area (Å²) in [4.78, 5) is 36.0. The monoisotopic (exact) mass is 236 g/mol. The first-order chi connectivity index (χ1) is 8.02. The molecule has 0 N–H and O–H groups in total. The van der Waals surface area contributed by atoms with Crippen molar-refractivity contribution < 1.29 is 19.5 Å². The Kier molecular flexibility index (Phi) is 2.09. The van der Waals surface area contributed by atoms with Crippen LogP contribution in [0.1, 0.15) is 26.2 Å².